The summed E-state index contributed by atoms with van der Waals surface area (Å²) in [5.41, 5.74) is 5.55. The number of aromatic nitrogens is 2. The van der Waals surface area contributed by atoms with Gasteiger partial charge in [-0.3, -0.25) is 14.7 Å². The first-order chi connectivity index (χ1) is 14.2. The number of aromatic amines is 2. The van der Waals surface area contributed by atoms with Crippen LogP contribution in [-0.2, 0) is 32.5 Å². The second-order valence-corrected chi connectivity index (χ2v) is 7.54. The number of rotatable bonds is 2. The van der Waals surface area contributed by atoms with Gasteiger partial charge in [0.15, 0.2) is 0 Å². The zero-order chi connectivity index (χ0) is 20.1. The highest BCUT2D eigenvalue weighted by atomic mass is 16.2. The summed E-state index contributed by atoms with van der Waals surface area (Å²) in [4.78, 5) is 29.6. The van der Waals surface area contributed by atoms with Crippen molar-refractivity contribution in [2.75, 3.05) is 13.1 Å². The molecule has 6 nitrogen and oxygen atoms in total. The molecule has 29 heavy (non-hydrogen) atoms. The summed E-state index contributed by atoms with van der Waals surface area (Å²) in [6, 6.07) is 18.5. The molecule has 2 aliphatic heterocycles. The highest BCUT2D eigenvalue weighted by Gasteiger charge is 2.16. The molecule has 1 aromatic heterocycles. The standard InChI is InChI=1S/C14H15N3O2.C9H11N/c18-13-7-12(15-14(19)16-13)9-17-6-5-10-3-1-2-4-11(10)8-17;1-2-4-9-7-10-6-5-8(9)3-1/h1-4,7H,5-6,8-9H2,(H2,15,16,18,19);1-4,10H,5-7H2. The smallest absolute Gasteiger partial charge is 0.312 e. The third-order valence-electron chi connectivity index (χ3n) is 5.42. The van der Waals surface area contributed by atoms with Gasteiger partial charge in [0.1, 0.15) is 0 Å². The van der Waals surface area contributed by atoms with E-state index in [2.05, 4.69) is 62.6 Å². The van der Waals surface area contributed by atoms with E-state index >= 15 is 0 Å². The zero-order valence-electron chi connectivity index (χ0n) is 16.4. The predicted molar refractivity (Wildman–Crippen MR) is 114 cm³/mol. The summed E-state index contributed by atoms with van der Waals surface area (Å²) in [7, 11) is 0. The first-order valence-electron chi connectivity index (χ1n) is 10.1. The Morgan fingerprint density at radius 1 is 0.828 bits per heavy atom. The molecule has 0 amide bonds. The van der Waals surface area contributed by atoms with Crippen molar-refractivity contribution in [1.82, 2.24) is 20.2 Å². The molecule has 0 unspecified atom stereocenters. The Bertz CT molecular complexity index is 1030. The number of hydrogen-bond donors (Lipinski definition) is 3. The van der Waals surface area contributed by atoms with Gasteiger partial charge in [0.25, 0.3) is 5.56 Å². The van der Waals surface area contributed by atoms with E-state index in [0.717, 1.165) is 32.6 Å². The van der Waals surface area contributed by atoms with Gasteiger partial charge in [0.2, 0.25) is 0 Å². The van der Waals surface area contributed by atoms with Gasteiger partial charge in [-0.2, -0.15) is 0 Å². The lowest BCUT2D eigenvalue weighted by molar-refractivity contribution is 0.242. The first kappa shape index (κ1) is 19.4. The van der Waals surface area contributed by atoms with E-state index in [-0.39, 0.29) is 5.56 Å². The van der Waals surface area contributed by atoms with E-state index in [1.165, 1.54) is 34.7 Å². The molecule has 2 aromatic carbocycles. The minimum atomic E-state index is -0.445. The molecule has 150 valence electrons. The molecule has 3 N–H and O–H groups in total. The van der Waals surface area contributed by atoms with Gasteiger partial charge in [0, 0.05) is 37.9 Å². The van der Waals surface area contributed by atoms with E-state index in [9.17, 15) is 9.59 Å². The molecule has 6 heteroatoms. The third-order valence-corrected chi connectivity index (χ3v) is 5.42. The second kappa shape index (κ2) is 9.03. The molecule has 0 spiro atoms. The van der Waals surface area contributed by atoms with E-state index < -0.39 is 5.69 Å². The van der Waals surface area contributed by atoms with Gasteiger partial charge in [-0.1, -0.05) is 48.5 Å². The van der Waals surface area contributed by atoms with Crippen molar-refractivity contribution in [2.45, 2.75) is 32.5 Å². The van der Waals surface area contributed by atoms with E-state index in [4.69, 9.17) is 0 Å². The number of fused-ring (bicyclic) bond motifs is 2. The number of nitrogens with one attached hydrogen (secondary N) is 3. The summed E-state index contributed by atoms with van der Waals surface area (Å²) >= 11 is 0. The Morgan fingerprint density at radius 2 is 1.52 bits per heavy atom. The fraction of sp³-hybridized carbons (Fsp3) is 0.304. The number of benzene rings is 2. The molecule has 0 radical (unpaired) electrons. The largest absolute Gasteiger partial charge is 0.325 e. The van der Waals surface area contributed by atoms with E-state index in [1.54, 1.807) is 0 Å². The topological polar surface area (TPSA) is 81.0 Å². The van der Waals surface area contributed by atoms with Crippen molar-refractivity contribution in [3.8, 4) is 0 Å². The van der Waals surface area contributed by atoms with Crippen molar-refractivity contribution in [2.24, 2.45) is 0 Å². The van der Waals surface area contributed by atoms with Gasteiger partial charge in [0.05, 0.1) is 0 Å². The average molecular weight is 390 g/mol. The van der Waals surface area contributed by atoms with Crippen LogP contribution in [0.3, 0.4) is 0 Å². The third kappa shape index (κ3) is 5.10. The molecular formula is C23H26N4O2. The maximum Gasteiger partial charge on any atom is 0.325 e. The fourth-order valence-electron chi connectivity index (χ4n) is 3.95. The lowest BCUT2D eigenvalue weighted by Crippen LogP contribution is -2.32. The highest BCUT2D eigenvalue weighted by Crippen LogP contribution is 2.19. The Morgan fingerprint density at radius 3 is 2.24 bits per heavy atom. The second-order valence-electron chi connectivity index (χ2n) is 7.54. The molecule has 3 heterocycles. The summed E-state index contributed by atoms with van der Waals surface area (Å²) in [5.74, 6) is 0. The first-order valence-corrected chi connectivity index (χ1v) is 10.1. The van der Waals surface area contributed by atoms with E-state index in [0.29, 0.717) is 12.2 Å². The summed E-state index contributed by atoms with van der Waals surface area (Å²) in [6.07, 6.45) is 2.19. The maximum atomic E-state index is 11.3. The molecule has 5 rings (SSSR count). The van der Waals surface area contributed by atoms with Crippen molar-refractivity contribution >= 4 is 0 Å². The summed E-state index contributed by atoms with van der Waals surface area (Å²) < 4.78 is 0. The van der Waals surface area contributed by atoms with Crippen LogP contribution >= 0.6 is 0 Å². The minimum Gasteiger partial charge on any atom is -0.312 e. The highest BCUT2D eigenvalue weighted by molar-refractivity contribution is 5.29. The van der Waals surface area contributed by atoms with Crippen LogP contribution in [0.1, 0.15) is 27.9 Å². The Kier molecular flexibility index (Phi) is 6.03. The number of hydrogen-bond acceptors (Lipinski definition) is 4. The molecular weight excluding hydrogens is 364 g/mol. The van der Waals surface area contributed by atoms with Gasteiger partial charge < -0.3 is 10.3 Å². The summed E-state index contributed by atoms with van der Waals surface area (Å²) in [5, 5.41) is 3.34. The molecule has 0 fully saturated rings. The SMILES string of the molecule is O=c1cc(CN2CCc3ccccc3C2)[nH]c(=O)[nH]1.c1ccc2c(c1)CCNC2. The van der Waals surface area contributed by atoms with Crippen molar-refractivity contribution < 1.29 is 0 Å². The van der Waals surface area contributed by atoms with Gasteiger partial charge in [-0.05, 0) is 41.6 Å². The van der Waals surface area contributed by atoms with E-state index in [1.807, 2.05) is 6.07 Å². The average Bonchev–Trinajstić information content (AvgIpc) is 2.73. The van der Waals surface area contributed by atoms with Gasteiger partial charge in [-0.25, -0.2) is 4.79 Å². The fourth-order valence-corrected chi connectivity index (χ4v) is 3.95. The van der Waals surface area contributed by atoms with Crippen LogP contribution in [0.15, 0.2) is 64.2 Å². The van der Waals surface area contributed by atoms with Crippen molar-refractivity contribution in [3.63, 3.8) is 0 Å². The monoisotopic (exact) mass is 390 g/mol. The molecule has 0 saturated heterocycles. The Hall–Kier alpha value is -2.96. The van der Waals surface area contributed by atoms with Crippen LogP contribution in [0, 0.1) is 0 Å². The van der Waals surface area contributed by atoms with Crippen molar-refractivity contribution in [1.29, 1.82) is 0 Å². The lowest BCUT2D eigenvalue weighted by atomic mass is 10.00. The molecule has 0 atom stereocenters. The molecule has 2 aliphatic rings. The van der Waals surface area contributed by atoms with Crippen LogP contribution in [-0.4, -0.2) is 28.0 Å². The molecule has 0 bridgehead atoms. The normalized spacial score (nSPS) is 15.6. The summed E-state index contributed by atoms with van der Waals surface area (Å²) in [6.45, 7) is 4.57. The van der Waals surface area contributed by atoms with Gasteiger partial charge >= 0.3 is 5.69 Å². The molecule has 0 saturated carbocycles. The minimum absolute atomic E-state index is 0.351. The van der Waals surface area contributed by atoms with Crippen LogP contribution in [0.2, 0.25) is 0 Å². The van der Waals surface area contributed by atoms with Crippen molar-refractivity contribution in [3.05, 3.63) is 103 Å². The number of H-pyrrole nitrogens is 2. The Labute approximate surface area is 169 Å². The molecule has 3 aromatic rings. The Balaban J connectivity index is 0.000000171. The quantitative estimate of drug-likeness (QED) is 0.625. The molecule has 0 aliphatic carbocycles. The number of nitrogens with zero attached hydrogens (tertiary/aromatic N) is 1. The van der Waals surface area contributed by atoms with Gasteiger partial charge in [-0.15, -0.1) is 0 Å². The van der Waals surface area contributed by atoms with Crippen LogP contribution in [0.25, 0.3) is 0 Å². The zero-order valence-corrected chi connectivity index (χ0v) is 16.4. The van der Waals surface area contributed by atoms with Crippen LogP contribution in [0.4, 0.5) is 0 Å². The lowest BCUT2D eigenvalue weighted by Gasteiger charge is -2.28. The van der Waals surface area contributed by atoms with Crippen LogP contribution < -0.4 is 16.6 Å². The maximum absolute atomic E-state index is 11.3. The predicted octanol–water partition coefficient (Wildman–Crippen LogP) is 1.95. The van der Waals surface area contributed by atoms with Crippen LogP contribution in [0.5, 0.6) is 0 Å².